The van der Waals surface area contributed by atoms with Gasteiger partial charge < -0.3 is 30.3 Å². The Balaban J connectivity index is 1.33. The molecule has 2 saturated heterocycles. The molecular weight excluding hydrogens is 640 g/mol. The maximum Gasteiger partial charge on any atom is 0.339 e. The molecule has 3 aromatic rings. The van der Waals surface area contributed by atoms with Crippen LogP contribution in [0.5, 0.6) is 23.0 Å². The third kappa shape index (κ3) is 4.62. The van der Waals surface area contributed by atoms with Gasteiger partial charge in [0.15, 0.2) is 0 Å². The number of methoxy groups -OCH3 is 1. The number of aromatic carboxylic acids is 2. The van der Waals surface area contributed by atoms with Gasteiger partial charge in [-0.05, 0) is 49.1 Å². The van der Waals surface area contributed by atoms with Crippen LogP contribution in [0.3, 0.4) is 0 Å². The first kappa shape index (κ1) is 31.4. The van der Waals surface area contributed by atoms with Crippen molar-refractivity contribution in [2.45, 2.75) is 18.8 Å². The second kappa shape index (κ2) is 11.2. The van der Waals surface area contributed by atoms with Crippen molar-refractivity contribution in [2.75, 3.05) is 16.9 Å². The summed E-state index contributed by atoms with van der Waals surface area (Å²) in [6.07, 6.45) is 1.92. The summed E-state index contributed by atoms with van der Waals surface area (Å²) in [5.41, 5.74) is 0.204. The summed E-state index contributed by atoms with van der Waals surface area (Å²) >= 11 is 0. The summed E-state index contributed by atoms with van der Waals surface area (Å²) in [6.45, 7) is 0. The molecule has 6 unspecified atom stereocenters. The van der Waals surface area contributed by atoms with Crippen LogP contribution in [-0.4, -0.2) is 68.2 Å². The van der Waals surface area contributed by atoms with Crippen molar-refractivity contribution >= 4 is 46.9 Å². The maximum absolute atomic E-state index is 14.3. The number of aromatic hydroxyl groups is 3. The Labute approximate surface area is 277 Å². The number of ether oxygens (including phenoxy) is 1. The van der Waals surface area contributed by atoms with Gasteiger partial charge in [-0.25, -0.2) is 19.4 Å². The molecular formula is C35H28N2O12. The molecule has 2 aliphatic carbocycles. The molecule has 14 nitrogen and oxygen atoms in total. The van der Waals surface area contributed by atoms with Gasteiger partial charge >= 0.3 is 11.9 Å². The first-order valence-corrected chi connectivity index (χ1v) is 15.3. The van der Waals surface area contributed by atoms with E-state index in [0.29, 0.717) is 11.1 Å². The van der Waals surface area contributed by atoms with Crippen molar-refractivity contribution < 1.29 is 59.0 Å². The van der Waals surface area contributed by atoms with Crippen molar-refractivity contribution in [1.29, 1.82) is 0 Å². The van der Waals surface area contributed by atoms with Crippen molar-refractivity contribution in [1.82, 2.24) is 0 Å². The highest BCUT2D eigenvalue weighted by atomic mass is 16.5. The maximum atomic E-state index is 14.3. The molecule has 0 bridgehead atoms. The first-order chi connectivity index (χ1) is 23.3. The van der Waals surface area contributed by atoms with Crippen LogP contribution in [0.25, 0.3) is 0 Å². The fourth-order valence-corrected chi connectivity index (χ4v) is 8.08. The smallest absolute Gasteiger partial charge is 0.339 e. The van der Waals surface area contributed by atoms with Crippen LogP contribution in [-0.2, 0) is 19.2 Å². The third-order valence-corrected chi connectivity index (χ3v) is 10.1. The molecule has 49 heavy (non-hydrogen) atoms. The predicted octanol–water partition coefficient (Wildman–Crippen LogP) is 3.25. The zero-order chi connectivity index (χ0) is 35.0. The van der Waals surface area contributed by atoms with Crippen LogP contribution in [0.2, 0.25) is 0 Å². The largest absolute Gasteiger partial charge is 0.508 e. The highest BCUT2D eigenvalue weighted by molar-refractivity contribution is 6.24. The van der Waals surface area contributed by atoms with E-state index in [1.807, 2.05) is 0 Å². The molecule has 0 radical (unpaired) electrons. The molecule has 0 aromatic heterocycles. The lowest BCUT2D eigenvalue weighted by Crippen LogP contribution is -2.43. The Morgan fingerprint density at radius 2 is 1.24 bits per heavy atom. The normalized spacial score (nSPS) is 25.9. The van der Waals surface area contributed by atoms with Crippen molar-refractivity contribution in [2.24, 2.45) is 29.6 Å². The van der Waals surface area contributed by atoms with Crippen LogP contribution < -0.4 is 14.5 Å². The number of carbonyl (C=O) groups is 6. The Morgan fingerprint density at radius 3 is 1.78 bits per heavy atom. The SMILES string of the molecule is COc1cc(O)ccc1C1C2=CCC3C(=O)N(c4ccc(C(=O)O)c(O)c4)C(=O)C3C2CC2C(=O)N(c3ccc(C(=O)O)c(O)c3)C(=O)C21. The molecule has 0 spiro atoms. The first-order valence-electron chi connectivity index (χ1n) is 15.3. The lowest BCUT2D eigenvalue weighted by atomic mass is 9.57. The quantitative estimate of drug-likeness (QED) is 0.189. The summed E-state index contributed by atoms with van der Waals surface area (Å²) in [7, 11) is 1.38. The summed E-state index contributed by atoms with van der Waals surface area (Å²) in [5.74, 6) is -11.8. The Bertz CT molecular complexity index is 2050. The van der Waals surface area contributed by atoms with Gasteiger partial charge in [-0.3, -0.25) is 19.2 Å². The number of fused-ring (bicyclic) bond motifs is 4. The summed E-state index contributed by atoms with van der Waals surface area (Å²) < 4.78 is 5.59. The number of allylic oxidation sites excluding steroid dienone is 2. The van der Waals surface area contributed by atoms with Gasteiger partial charge in [0.2, 0.25) is 23.6 Å². The molecule has 14 heteroatoms. The fourth-order valence-electron chi connectivity index (χ4n) is 8.08. The van der Waals surface area contributed by atoms with E-state index in [2.05, 4.69) is 0 Å². The van der Waals surface area contributed by atoms with Crippen molar-refractivity contribution in [3.8, 4) is 23.0 Å². The molecule has 3 fully saturated rings. The average Bonchev–Trinajstić information content (AvgIpc) is 3.46. The minimum atomic E-state index is -1.40. The molecule has 3 aromatic carbocycles. The van der Waals surface area contributed by atoms with E-state index in [9.17, 15) is 54.3 Å². The number of carboxylic acid groups (broad SMARTS) is 2. The lowest BCUT2D eigenvalue weighted by Gasteiger charge is -2.44. The predicted molar refractivity (Wildman–Crippen MR) is 167 cm³/mol. The Morgan fingerprint density at radius 1 is 0.694 bits per heavy atom. The van der Waals surface area contributed by atoms with Gasteiger partial charge in [0.25, 0.3) is 0 Å². The number of hydrogen-bond acceptors (Lipinski definition) is 10. The zero-order valence-electron chi connectivity index (χ0n) is 25.6. The monoisotopic (exact) mass is 668 g/mol. The number of phenolic OH excluding ortho intramolecular Hbond substituents is 1. The number of carboxylic acids is 2. The number of hydrogen-bond donors (Lipinski definition) is 5. The molecule has 7 rings (SSSR count). The summed E-state index contributed by atoms with van der Waals surface area (Å²) in [5, 5.41) is 49.6. The van der Waals surface area contributed by atoms with E-state index >= 15 is 0 Å². The van der Waals surface area contributed by atoms with E-state index in [-0.39, 0.29) is 35.7 Å². The van der Waals surface area contributed by atoms with Gasteiger partial charge in [0.05, 0.1) is 42.2 Å². The van der Waals surface area contributed by atoms with E-state index in [1.165, 1.54) is 31.4 Å². The Kier molecular flexibility index (Phi) is 7.19. The number of amides is 4. The topological polar surface area (TPSA) is 219 Å². The average molecular weight is 669 g/mol. The van der Waals surface area contributed by atoms with E-state index in [4.69, 9.17) is 4.74 Å². The second-order valence-corrected chi connectivity index (χ2v) is 12.5. The fraction of sp³-hybridized carbons (Fsp3) is 0.257. The number of benzene rings is 3. The highest BCUT2D eigenvalue weighted by Crippen LogP contribution is 2.59. The number of carbonyl (C=O) groups excluding carboxylic acids is 4. The number of phenols is 3. The lowest BCUT2D eigenvalue weighted by molar-refractivity contribution is -0.126. The van der Waals surface area contributed by atoms with Crippen LogP contribution in [0, 0.1) is 29.6 Å². The van der Waals surface area contributed by atoms with E-state index in [0.717, 1.165) is 34.1 Å². The summed E-state index contributed by atoms with van der Waals surface area (Å²) in [6, 6.07) is 11.1. The number of anilines is 2. The van der Waals surface area contributed by atoms with Crippen molar-refractivity contribution in [3.63, 3.8) is 0 Å². The van der Waals surface area contributed by atoms with Crippen LogP contribution in [0.1, 0.15) is 45.0 Å². The molecule has 250 valence electrons. The molecule has 2 heterocycles. The molecule has 1 saturated carbocycles. The molecule has 4 amide bonds. The number of rotatable bonds is 6. The van der Waals surface area contributed by atoms with E-state index < -0.39 is 93.7 Å². The minimum Gasteiger partial charge on any atom is -0.508 e. The standard InChI is InChI=1S/C35H28N2O12/c1-49-26-12-16(38)4-7-20(26)27-17-8-9-21-28(32(43)36(30(21)41)14-2-5-18(34(45)46)24(39)10-14)22(17)13-23-29(27)33(44)37(31(23)42)15-3-6-19(35(47)48)25(40)11-15/h2-8,10-12,21-23,27-29,38-40H,9,13H2,1H3,(H,45,46)(H,47,48). The molecule has 5 N–H and O–H groups in total. The van der Waals surface area contributed by atoms with Crippen LogP contribution >= 0.6 is 0 Å². The Hall–Kier alpha value is -6.18. The van der Waals surface area contributed by atoms with Gasteiger partial charge in [-0.2, -0.15) is 0 Å². The van der Waals surface area contributed by atoms with Gasteiger partial charge in [-0.15, -0.1) is 0 Å². The van der Waals surface area contributed by atoms with Gasteiger partial charge in [-0.1, -0.05) is 17.7 Å². The summed E-state index contributed by atoms with van der Waals surface area (Å²) in [4.78, 5) is 81.2. The second-order valence-electron chi connectivity index (χ2n) is 12.5. The van der Waals surface area contributed by atoms with Crippen molar-refractivity contribution in [3.05, 3.63) is 82.9 Å². The van der Waals surface area contributed by atoms with Crippen LogP contribution in [0.15, 0.2) is 66.2 Å². The molecule has 4 aliphatic rings. The third-order valence-electron chi connectivity index (χ3n) is 10.1. The number of imide groups is 2. The zero-order valence-corrected chi connectivity index (χ0v) is 25.6. The van der Waals surface area contributed by atoms with E-state index in [1.54, 1.807) is 12.1 Å². The molecule has 2 aliphatic heterocycles. The van der Waals surface area contributed by atoms with Gasteiger partial charge in [0, 0.05) is 29.7 Å². The van der Waals surface area contributed by atoms with Gasteiger partial charge in [0.1, 0.15) is 34.1 Å². The molecule has 6 atom stereocenters. The minimum absolute atomic E-state index is 0.00485. The number of nitrogens with zero attached hydrogens (tertiary/aromatic N) is 2. The highest BCUT2D eigenvalue weighted by Gasteiger charge is 2.62. The van der Waals surface area contributed by atoms with Crippen LogP contribution in [0.4, 0.5) is 11.4 Å².